The first kappa shape index (κ1) is 10.9. The van der Waals surface area contributed by atoms with Crippen LogP contribution in [0.3, 0.4) is 0 Å². The van der Waals surface area contributed by atoms with Gasteiger partial charge >= 0.3 is 0 Å². The number of rotatable bonds is 2. The van der Waals surface area contributed by atoms with Gasteiger partial charge in [0.1, 0.15) is 6.29 Å². The van der Waals surface area contributed by atoms with Gasteiger partial charge in [-0.15, -0.1) is 0 Å². The molecule has 0 heterocycles. The number of aldehydes is 1. The summed E-state index contributed by atoms with van der Waals surface area (Å²) >= 11 is 3.47. The Balaban J connectivity index is 2.36. The summed E-state index contributed by atoms with van der Waals surface area (Å²) in [7, 11) is 0. The van der Waals surface area contributed by atoms with Crippen molar-refractivity contribution in [2.75, 3.05) is 0 Å². The molecular formula is C13H15BrO. The largest absolute Gasteiger partial charge is 0.302 e. The predicted molar refractivity (Wildman–Crippen MR) is 65.0 cm³/mol. The molecule has 15 heavy (non-hydrogen) atoms. The molecule has 1 nitrogen and oxygen atoms in total. The molecule has 0 bridgehead atoms. The van der Waals surface area contributed by atoms with Crippen LogP contribution in [0.5, 0.6) is 0 Å². The van der Waals surface area contributed by atoms with E-state index in [1.54, 1.807) is 0 Å². The fourth-order valence-corrected chi connectivity index (χ4v) is 2.85. The maximum Gasteiger partial charge on any atom is 0.130 e. The van der Waals surface area contributed by atoms with Crippen molar-refractivity contribution in [2.45, 2.75) is 37.5 Å². The average Bonchev–Trinajstić information content (AvgIpc) is 2.30. The molecule has 0 aliphatic heterocycles. The Hall–Kier alpha value is -0.630. The van der Waals surface area contributed by atoms with Crippen molar-refractivity contribution >= 4 is 22.2 Å². The summed E-state index contributed by atoms with van der Waals surface area (Å²) in [5, 5.41) is 0. The molecule has 1 fully saturated rings. The van der Waals surface area contributed by atoms with E-state index in [1.165, 1.54) is 24.8 Å². The third kappa shape index (κ3) is 2.15. The van der Waals surface area contributed by atoms with Gasteiger partial charge in [-0.3, -0.25) is 0 Å². The van der Waals surface area contributed by atoms with Gasteiger partial charge in [-0.1, -0.05) is 47.3 Å². The van der Waals surface area contributed by atoms with Gasteiger partial charge in [-0.05, 0) is 30.5 Å². The van der Waals surface area contributed by atoms with Gasteiger partial charge in [0.2, 0.25) is 0 Å². The standard InChI is InChI=1S/C13H15BrO/c14-12-6-4-5-11(9-12)13(10-15)7-2-1-3-8-13/h4-6,9-10H,1-3,7-8H2. The highest BCUT2D eigenvalue weighted by atomic mass is 79.9. The molecule has 0 saturated heterocycles. The van der Waals surface area contributed by atoms with Crippen molar-refractivity contribution in [3.63, 3.8) is 0 Å². The molecule has 2 rings (SSSR count). The van der Waals surface area contributed by atoms with Crippen molar-refractivity contribution in [1.29, 1.82) is 0 Å². The zero-order valence-electron chi connectivity index (χ0n) is 8.71. The number of hydrogen-bond donors (Lipinski definition) is 0. The first-order chi connectivity index (χ1) is 7.27. The Morgan fingerprint density at radius 3 is 2.53 bits per heavy atom. The molecule has 1 aromatic carbocycles. The molecule has 80 valence electrons. The molecule has 1 aliphatic rings. The number of hydrogen-bond acceptors (Lipinski definition) is 1. The summed E-state index contributed by atoms with van der Waals surface area (Å²) < 4.78 is 1.06. The van der Waals surface area contributed by atoms with E-state index in [0.717, 1.165) is 23.6 Å². The molecule has 0 aromatic heterocycles. The summed E-state index contributed by atoms with van der Waals surface area (Å²) in [6.45, 7) is 0. The normalized spacial score (nSPS) is 19.8. The predicted octanol–water partition coefficient (Wildman–Crippen LogP) is 3.85. The van der Waals surface area contributed by atoms with Crippen molar-refractivity contribution in [3.05, 3.63) is 34.3 Å². The van der Waals surface area contributed by atoms with Crippen LogP contribution in [-0.4, -0.2) is 6.29 Å². The first-order valence-electron chi connectivity index (χ1n) is 5.49. The SMILES string of the molecule is O=CC1(c2cccc(Br)c2)CCCCC1. The summed E-state index contributed by atoms with van der Waals surface area (Å²) in [6.07, 6.45) is 6.79. The van der Waals surface area contributed by atoms with Crippen LogP contribution in [0, 0.1) is 0 Å². The van der Waals surface area contributed by atoms with E-state index in [-0.39, 0.29) is 5.41 Å². The van der Waals surface area contributed by atoms with Gasteiger partial charge < -0.3 is 4.79 Å². The van der Waals surface area contributed by atoms with Crippen LogP contribution in [0.4, 0.5) is 0 Å². The van der Waals surface area contributed by atoms with E-state index in [0.29, 0.717) is 0 Å². The summed E-state index contributed by atoms with van der Waals surface area (Å²) in [4.78, 5) is 11.4. The number of carbonyl (C=O) groups is 1. The lowest BCUT2D eigenvalue weighted by molar-refractivity contribution is -0.113. The van der Waals surface area contributed by atoms with Gasteiger partial charge in [0.15, 0.2) is 0 Å². The minimum absolute atomic E-state index is 0.206. The molecule has 1 saturated carbocycles. The molecule has 1 aromatic rings. The fraction of sp³-hybridized carbons (Fsp3) is 0.462. The Morgan fingerprint density at radius 2 is 1.93 bits per heavy atom. The van der Waals surface area contributed by atoms with Crippen molar-refractivity contribution < 1.29 is 4.79 Å². The smallest absolute Gasteiger partial charge is 0.130 e. The van der Waals surface area contributed by atoms with Crippen LogP contribution in [0.1, 0.15) is 37.7 Å². The van der Waals surface area contributed by atoms with Gasteiger partial charge in [0, 0.05) is 4.47 Å². The fourth-order valence-electron chi connectivity index (χ4n) is 2.46. The van der Waals surface area contributed by atoms with E-state index in [4.69, 9.17) is 0 Å². The van der Waals surface area contributed by atoms with Crippen molar-refractivity contribution in [2.24, 2.45) is 0 Å². The van der Waals surface area contributed by atoms with Crippen LogP contribution < -0.4 is 0 Å². The number of carbonyl (C=O) groups excluding carboxylic acids is 1. The van der Waals surface area contributed by atoms with Crippen LogP contribution >= 0.6 is 15.9 Å². The Labute approximate surface area is 99.0 Å². The van der Waals surface area contributed by atoms with E-state index in [9.17, 15) is 4.79 Å². The highest BCUT2D eigenvalue weighted by Crippen LogP contribution is 2.38. The Morgan fingerprint density at radius 1 is 1.20 bits per heavy atom. The van der Waals surface area contributed by atoms with Crippen molar-refractivity contribution in [3.8, 4) is 0 Å². The summed E-state index contributed by atoms with van der Waals surface area (Å²) in [6, 6.07) is 8.17. The average molecular weight is 267 g/mol. The highest BCUT2D eigenvalue weighted by molar-refractivity contribution is 9.10. The molecule has 0 N–H and O–H groups in total. The molecule has 0 radical (unpaired) electrons. The van der Waals surface area contributed by atoms with E-state index < -0.39 is 0 Å². The molecule has 1 aliphatic carbocycles. The monoisotopic (exact) mass is 266 g/mol. The zero-order valence-corrected chi connectivity index (χ0v) is 10.3. The first-order valence-corrected chi connectivity index (χ1v) is 6.28. The van der Waals surface area contributed by atoms with Crippen LogP contribution in [0.15, 0.2) is 28.7 Å². The van der Waals surface area contributed by atoms with Crippen LogP contribution in [0.2, 0.25) is 0 Å². The third-order valence-electron chi connectivity index (χ3n) is 3.37. The van der Waals surface area contributed by atoms with Crippen molar-refractivity contribution in [1.82, 2.24) is 0 Å². The second-order valence-corrected chi connectivity index (χ2v) is 5.26. The number of halogens is 1. The molecule has 0 spiro atoms. The van der Waals surface area contributed by atoms with Crippen LogP contribution in [0.25, 0.3) is 0 Å². The van der Waals surface area contributed by atoms with E-state index in [2.05, 4.69) is 28.1 Å². The van der Waals surface area contributed by atoms with Gasteiger partial charge in [0.25, 0.3) is 0 Å². The van der Waals surface area contributed by atoms with Crippen LogP contribution in [-0.2, 0) is 10.2 Å². The maximum atomic E-state index is 11.4. The van der Waals surface area contributed by atoms with Gasteiger partial charge in [0.05, 0.1) is 5.41 Å². The topological polar surface area (TPSA) is 17.1 Å². The van der Waals surface area contributed by atoms with Gasteiger partial charge in [-0.25, -0.2) is 0 Å². The van der Waals surface area contributed by atoms with Gasteiger partial charge in [-0.2, -0.15) is 0 Å². The molecular weight excluding hydrogens is 252 g/mol. The lowest BCUT2D eigenvalue weighted by Gasteiger charge is -2.32. The molecule has 2 heteroatoms. The summed E-state index contributed by atoms with van der Waals surface area (Å²) in [5.41, 5.74) is 0.966. The lowest BCUT2D eigenvalue weighted by Crippen LogP contribution is -2.30. The zero-order chi connectivity index (χ0) is 10.7. The molecule has 0 atom stereocenters. The number of benzene rings is 1. The minimum atomic E-state index is -0.206. The van der Waals surface area contributed by atoms with E-state index >= 15 is 0 Å². The highest BCUT2D eigenvalue weighted by Gasteiger charge is 2.33. The Bertz CT molecular complexity index is 353. The maximum absolute atomic E-state index is 11.4. The second-order valence-electron chi connectivity index (χ2n) is 4.34. The summed E-state index contributed by atoms with van der Waals surface area (Å²) in [5.74, 6) is 0. The second kappa shape index (κ2) is 4.48. The quantitative estimate of drug-likeness (QED) is 0.744. The lowest BCUT2D eigenvalue weighted by atomic mass is 9.70. The minimum Gasteiger partial charge on any atom is -0.302 e. The molecule has 0 unspecified atom stereocenters. The van der Waals surface area contributed by atoms with E-state index in [1.807, 2.05) is 12.1 Å². The Kier molecular flexibility index (Phi) is 3.25. The third-order valence-corrected chi connectivity index (χ3v) is 3.86. The molecule has 0 amide bonds.